The van der Waals surface area contributed by atoms with Gasteiger partial charge in [-0.25, -0.2) is 4.39 Å². The monoisotopic (exact) mass is 239 g/mol. The molecule has 0 aliphatic heterocycles. The summed E-state index contributed by atoms with van der Waals surface area (Å²) in [6, 6.07) is 4.45. The molecule has 0 saturated carbocycles. The smallest absolute Gasteiger partial charge is 0.254 e. The summed E-state index contributed by atoms with van der Waals surface area (Å²) in [5, 5.41) is 8.89. The Labute approximate surface area is 101 Å². The number of hydrogen-bond donors (Lipinski definition) is 1. The van der Waals surface area contributed by atoms with Crippen molar-refractivity contribution in [1.82, 2.24) is 4.90 Å². The number of aliphatic hydroxyl groups excluding tert-OH is 1. The Bertz CT molecular complexity index is 387. The number of nitrogens with zero attached hydrogens (tertiary/aromatic N) is 1. The number of rotatable bonds is 5. The first-order chi connectivity index (χ1) is 8.10. The van der Waals surface area contributed by atoms with Crippen LogP contribution in [0.5, 0.6) is 0 Å². The summed E-state index contributed by atoms with van der Waals surface area (Å²) in [6.45, 7) is 4.37. The van der Waals surface area contributed by atoms with Gasteiger partial charge in [0.1, 0.15) is 5.82 Å². The standard InChI is InChI=1S/C13H18FNO2/c1-3-6-15(7-8-16)13(17)11-5-4-10(2)12(14)9-11/h4-5,9,16H,3,6-8H2,1-2H3. The van der Waals surface area contributed by atoms with Gasteiger partial charge in [0.15, 0.2) is 0 Å². The molecule has 1 aromatic carbocycles. The van der Waals surface area contributed by atoms with Crippen LogP contribution in [0.25, 0.3) is 0 Å². The number of amides is 1. The molecule has 1 rings (SSSR count). The normalized spacial score (nSPS) is 10.4. The van der Waals surface area contributed by atoms with Crippen molar-refractivity contribution in [2.24, 2.45) is 0 Å². The SMILES string of the molecule is CCCN(CCO)C(=O)c1ccc(C)c(F)c1. The summed E-state index contributed by atoms with van der Waals surface area (Å²) in [4.78, 5) is 13.6. The Morgan fingerprint density at radius 3 is 2.65 bits per heavy atom. The highest BCUT2D eigenvalue weighted by Gasteiger charge is 2.15. The molecule has 0 aliphatic carbocycles. The molecule has 0 atom stereocenters. The molecule has 0 radical (unpaired) electrons. The summed E-state index contributed by atoms with van der Waals surface area (Å²) >= 11 is 0. The second-order valence-corrected chi connectivity index (χ2v) is 3.98. The van der Waals surface area contributed by atoms with Crippen LogP contribution in [-0.4, -0.2) is 35.6 Å². The van der Waals surface area contributed by atoms with Gasteiger partial charge in [0.2, 0.25) is 0 Å². The molecule has 94 valence electrons. The quantitative estimate of drug-likeness (QED) is 0.853. The number of hydrogen-bond acceptors (Lipinski definition) is 2. The first-order valence-electron chi connectivity index (χ1n) is 5.76. The number of halogens is 1. The third kappa shape index (κ3) is 3.53. The predicted octanol–water partition coefficient (Wildman–Crippen LogP) is 1.98. The molecule has 4 heteroatoms. The van der Waals surface area contributed by atoms with Gasteiger partial charge in [-0.1, -0.05) is 13.0 Å². The van der Waals surface area contributed by atoms with E-state index in [9.17, 15) is 9.18 Å². The third-order valence-corrected chi connectivity index (χ3v) is 2.57. The van der Waals surface area contributed by atoms with Gasteiger partial charge in [0.25, 0.3) is 5.91 Å². The molecule has 0 spiro atoms. The van der Waals surface area contributed by atoms with Crippen LogP contribution in [0.15, 0.2) is 18.2 Å². The number of aliphatic hydroxyl groups is 1. The van der Waals surface area contributed by atoms with E-state index in [1.807, 2.05) is 6.92 Å². The van der Waals surface area contributed by atoms with Crippen LogP contribution in [0.1, 0.15) is 29.3 Å². The Morgan fingerprint density at radius 1 is 1.41 bits per heavy atom. The van der Waals surface area contributed by atoms with Crippen molar-refractivity contribution in [2.45, 2.75) is 20.3 Å². The molecule has 0 aromatic heterocycles. The maximum absolute atomic E-state index is 13.4. The minimum Gasteiger partial charge on any atom is -0.395 e. The lowest BCUT2D eigenvalue weighted by Crippen LogP contribution is -2.34. The van der Waals surface area contributed by atoms with E-state index in [2.05, 4.69) is 0 Å². The topological polar surface area (TPSA) is 40.5 Å². The fourth-order valence-corrected chi connectivity index (χ4v) is 1.61. The second-order valence-electron chi connectivity index (χ2n) is 3.98. The number of carbonyl (C=O) groups excluding carboxylic acids is 1. The predicted molar refractivity (Wildman–Crippen MR) is 64.4 cm³/mol. The lowest BCUT2D eigenvalue weighted by Gasteiger charge is -2.21. The van der Waals surface area contributed by atoms with Gasteiger partial charge < -0.3 is 10.0 Å². The van der Waals surface area contributed by atoms with Crippen LogP contribution in [0.2, 0.25) is 0 Å². The molecule has 0 aliphatic rings. The fourth-order valence-electron chi connectivity index (χ4n) is 1.61. The average molecular weight is 239 g/mol. The van der Waals surface area contributed by atoms with Crippen LogP contribution < -0.4 is 0 Å². The van der Waals surface area contributed by atoms with Crippen LogP contribution in [0.4, 0.5) is 4.39 Å². The molecule has 0 unspecified atom stereocenters. The van der Waals surface area contributed by atoms with E-state index in [0.29, 0.717) is 17.7 Å². The van der Waals surface area contributed by atoms with E-state index in [1.54, 1.807) is 19.1 Å². The van der Waals surface area contributed by atoms with Crippen molar-refractivity contribution < 1.29 is 14.3 Å². The zero-order valence-electron chi connectivity index (χ0n) is 10.2. The van der Waals surface area contributed by atoms with Gasteiger partial charge in [-0.3, -0.25) is 4.79 Å². The van der Waals surface area contributed by atoms with Gasteiger partial charge >= 0.3 is 0 Å². The number of carbonyl (C=O) groups is 1. The van der Waals surface area contributed by atoms with E-state index >= 15 is 0 Å². The lowest BCUT2D eigenvalue weighted by molar-refractivity contribution is 0.0721. The van der Waals surface area contributed by atoms with Crippen molar-refractivity contribution in [3.63, 3.8) is 0 Å². The van der Waals surface area contributed by atoms with Crippen molar-refractivity contribution in [2.75, 3.05) is 19.7 Å². The lowest BCUT2D eigenvalue weighted by atomic mass is 10.1. The summed E-state index contributed by atoms with van der Waals surface area (Å²) in [7, 11) is 0. The van der Waals surface area contributed by atoms with E-state index in [1.165, 1.54) is 11.0 Å². The highest BCUT2D eigenvalue weighted by molar-refractivity contribution is 5.94. The molecular weight excluding hydrogens is 221 g/mol. The summed E-state index contributed by atoms with van der Waals surface area (Å²) < 4.78 is 13.4. The van der Waals surface area contributed by atoms with Gasteiger partial charge in [0, 0.05) is 18.7 Å². The molecule has 0 bridgehead atoms. The van der Waals surface area contributed by atoms with Crippen molar-refractivity contribution in [3.05, 3.63) is 35.1 Å². The summed E-state index contributed by atoms with van der Waals surface area (Å²) in [5.74, 6) is -0.615. The van der Waals surface area contributed by atoms with Gasteiger partial charge in [-0.2, -0.15) is 0 Å². The Morgan fingerprint density at radius 2 is 2.12 bits per heavy atom. The molecular formula is C13H18FNO2. The maximum atomic E-state index is 13.4. The summed E-state index contributed by atoms with van der Waals surface area (Å²) in [6.07, 6.45) is 0.806. The first kappa shape index (κ1) is 13.6. The van der Waals surface area contributed by atoms with E-state index < -0.39 is 0 Å². The van der Waals surface area contributed by atoms with E-state index in [-0.39, 0.29) is 24.9 Å². The van der Waals surface area contributed by atoms with E-state index in [0.717, 1.165) is 6.42 Å². The van der Waals surface area contributed by atoms with Crippen LogP contribution in [-0.2, 0) is 0 Å². The van der Waals surface area contributed by atoms with Crippen molar-refractivity contribution in [3.8, 4) is 0 Å². The van der Waals surface area contributed by atoms with Crippen LogP contribution >= 0.6 is 0 Å². The highest BCUT2D eigenvalue weighted by atomic mass is 19.1. The molecule has 3 nitrogen and oxygen atoms in total. The Kier molecular flexibility index (Phi) is 5.10. The largest absolute Gasteiger partial charge is 0.395 e. The molecule has 0 heterocycles. The average Bonchev–Trinajstić information content (AvgIpc) is 2.31. The zero-order valence-corrected chi connectivity index (χ0v) is 10.2. The zero-order chi connectivity index (χ0) is 12.8. The highest BCUT2D eigenvalue weighted by Crippen LogP contribution is 2.11. The van der Waals surface area contributed by atoms with Crippen molar-refractivity contribution >= 4 is 5.91 Å². The molecule has 0 fully saturated rings. The minimum absolute atomic E-state index is 0.0833. The molecule has 17 heavy (non-hydrogen) atoms. The summed E-state index contributed by atoms with van der Waals surface area (Å²) in [5.41, 5.74) is 0.848. The molecule has 1 amide bonds. The molecule has 1 aromatic rings. The van der Waals surface area contributed by atoms with Crippen molar-refractivity contribution in [1.29, 1.82) is 0 Å². The number of aryl methyl sites for hydroxylation is 1. The van der Waals surface area contributed by atoms with Crippen LogP contribution in [0, 0.1) is 12.7 Å². The second kappa shape index (κ2) is 6.35. The minimum atomic E-state index is -0.378. The fraction of sp³-hybridized carbons (Fsp3) is 0.462. The molecule has 0 saturated heterocycles. The number of benzene rings is 1. The molecule has 1 N–H and O–H groups in total. The Balaban J connectivity index is 2.88. The van der Waals surface area contributed by atoms with Crippen LogP contribution in [0.3, 0.4) is 0 Å². The first-order valence-corrected chi connectivity index (χ1v) is 5.76. The third-order valence-electron chi connectivity index (χ3n) is 2.57. The van der Waals surface area contributed by atoms with Gasteiger partial charge in [0.05, 0.1) is 6.61 Å². The van der Waals surface area contributed by atoms with Gasteiger partial charge in [-0.15, -0.1) is 0 Å². The Hall–Kier alpha value is -1.42. The van der Waals surface area contributed by atoms with Gasteiger partial charge in [-0.05, 0) is 31.0 Å². The van der Waals surface area contributed by atoms with E-state index in [4.69, 9.17) is 5.11 Å². The maximum Gasteiger partial charge on any atom is 0.254 e.